The maximum atomic E-state index is 8.73. The van der Waals surface area contributed by atoms with Gasteiger partial charge in [0, 0.05) is 12.6 Å². The van der Waals surface area contributed by atoms with Gasteiger partial charge >= 0.3 is 0 Å². The van der Waals surface area contributed by atoms with Gasteiger partial charge in [-0.25, -0.2) is 0 Å². The molecule has 0 radical (unpaired) electrons. The van der Waals surface area contributed by atoms with Gasteiger partial charge in [0.25, 0.3) is 0 Å². The minimum absolute atomic E-state index is 0.303. The zero-order valence-electron chi connectivity index (χ0n) is 11.2. The standard InChI is InChI=1S/C14H29NO/c1-11-7-12(2)9-14(8-11)10-13(3)15-5-4-6-16/h11-16H,4-10H2,1-3H3. The Morgan fingerprint density at radius 1 is 1.19 bits per heavy atom. The van der Waals surface area contributed by atoms with E-state index in [1.807, 2.05) is 0 Å². The van der Waals surface area contributed by atoms with Crippen molar-refractivity contribution in [2.45, 2.75) is 58.9 Å². The quantitative estimate of drug-likeness (QED) is 0.684. The van der Waals surface area contributed by atoms with Gasteiger partial charge in [0.1, 0.15) is 0 Å². The summed E-state index contributed by atoms with van der Waals surface area (Å²) in [6.45, 7) is 8.33. The average Bonchev–Trinajstić information content (AvgIpc) is 2.16. The van der Waals surface area contributed by atoms with E-state index in [0.717, 1.165) is 30.7 Å². The van der Waals surface area contributed by atoms with E-state index < -0.39 is 0 Å². The molecule has 3 unspecified atom stereocenters. The Kier molecular flexibility index (Phi) is 6.37. The normalized spacial score (nSPS) is 32.6. The predicted octanol–water partition coefficient (Wildman–Crippen LogP) is 2.81. The molecular weight excluding hydrogens is 198 g/mol. The van der Waals surface area contributed by atoms with Crippen LogP contribution in [0, 0.1) is 17.8 Å². The summed E-state index contributed by atoms with van der Waals surface area (Å²) in [5, 5.41) is 12.2. The molecule has 3 atom stereocenters. The van der Waals surface area contributed by atoms with Crippen LogP contribution in [-0.4, -0.2) is 24.3 Å². The summed E-state index contributed by atoms with van der Waals surface area (Å²) in [7, 11) is 0. The van der Waals surface area contributed by atoms with Crippen molar-refractivity contribution in [2.75, 3.05) is 13.2 Å². The molecule has 2 nitrogen and oxygen atoms in total. The summed E-state index contributed by atoms with van der Waals surface area (Å²) in [6, 6.07) is 0.606. The molecule has 0 bridgehead atoms. The fraction of sp³-hybridized carbons (Fsp3) is 1.00. The van der Waals surface area contributed by atoms with Crippen LogP contribution in [0.15, 0.2) is 0 Å². The molecule has 0 spiro atoms. The fourth-order valence-corrected chi connectivity index (χ4v) is 3.32. The van der Waals surface area contributed by atoms with Crippen LogP contribution in [0.25, 0.3) is 0 Å². The molecule has 1 aliphatic rings. The average molecular weight is 227 g/mol. The molecule has 0 aromatic rings. The molecule has 96 valence electrons. The van der Waals surface area contributed by atoms with Crippen molar-refractivity contribution >= 4 is 0 Å². The first-order valence-corrected chi connectivity index (χ1v) is 6.96. The van der Waals surface area contributed by atoms with E-state index in [9.17, 15) is 0 Å². The second-order valence-electron chi connectivity index (χ2n) is 5.95. The topological polar surface area (TPSA) is 32.3 Å². The van der Waals surface area contributed by atoms with E-state index in [-0.39, 0.29) is 0 Å². The Balaban J connectivity index is 2.19. The van der Waals surface area contributed by atoms with Crippen LogP contribution in [0.1, 0.15) is 52.9 Å². The zero-order chi connectivity index (χ0) is 12.0. The molecule has 1 rings (SSSR count). The lowest BCUT2D eigenvalue weighted by Crippen LogP contribution is -2.32. The number of nitrogens with one attached hydrogen (secondary N) is 1. The van der Waals surface area contributed by atoms with Crippen molar-refractivity contribution in [1.29, 1.82) is 0 Å². The molecule has 0 aliphatic heterocycles. The van der Waals surface area contributed by atoms with Crippen molar-refractivity contribution in [3.8, 4) is 0 Å². The summed E-state index contributed by atoms with van der Waals surface area (Å²) in [5.41, 5.74) is 0. The van der Waals surface area contributed by atoms with Gasteiger partial charge in [-0.3, -0.25) is 0 Å². The van der Waals surface area contributed by atoms with Gasteiger partial charge in [-0.05, 0) is 63.3 Å². The second kappa shape index (κ2) is 7.29. The van der Waals surface area contributed by atoms with Crippen LogP contribution in [0.4, 0.5) is 0 Å². The lowest BCUT2D eigenvalue weighted by Gasteiger charge is -2.33. The monoisotopic (exact) mass is 227 g/mol. The third-order valence-corrected chi connectivity index (χ3v) is 3.79. The number of aliphatic hydroxyl groups is 1. The molecule has 1 aliphatic carbocycles. The molecule has 16 heavy (non-hydrogen) atoms. The van der Waals surface area contributed by atoms with Gasteiger partial charge in [-0.1, -0.05) is 13.8 Å². The first kappa shape index (κ1) is 14.0. The summed E-state index contributed by atoms with van der Waals surface area (Å²) in [6.07, 6.45) is 6.43. The van der Waals surface area contributed by atoms with E-state index in [2.05, 4.69) is 26.1 Å². The van der Waals surface area contributed by atoms with Gasteiger partial charge < -0.3 is 10.4 Å². The summed E-state index contributed by atoms with van der Waals surface area (Å²) < 4.78 is 0. The number of hydrogen-bond donors (Lipinski definition) is 2. The van der Waals surface area contributed by atoms with Gasteiger partial charge in [0.05, 0.1) is 0 Å². The van der Waals surface area contributed by atoms with Gasteiger partial charge in [0.15, 0.2) is 0 Å². The summed E-state index contributed by atoms with van der Waals surface area (Å²) in [5.74, 6) is 2.74. The minimum Gasteiger partial charge on any atom is -0.396 e. The highest BCUT2D eigenvalue weighted by Crippen LogP contribution is 2.35. The molecule has 0 aromatic carbocycles. The first-order valence-electron chi connectivity index (χ1n) is 6.96. The number of hydrogen-bond acceptors (Lipinski definition) is 2. The van der Waals surface area contributed by atoms with Crippen LogP contribution < -0.4 is 5.32 Å². The highest BCUT2D eigenvalue weighted by Gasteiger charge is 2.24. The van der Waals surface area contributed by atoms with E-state index >= 15 is 0 Å². The molecule has 0 amide bonds. The fourth-order valence-electron chi connectivity index (χ4n) is 3.32. The Hall–Kier alpha value is -0.0800. The number of rotatable bonds is 6. The molecule has 2 N–H and O–H groups in total. The first-order chi connectivity index (χ1) is 7.61. The maximum absolute atomic E-state index is 8.73. The molecule has 1 fully saturated rings. The Morgan fingerprint density at radius 3 is 2.38 bits per heavy atom. The number of aliphatic hydroxyl groups excluding tert-OH is 1. The third-order valence-electron chi connectivity index (χ3n) is 3.79. The summed E-state index contributed by atoms with van der Waals surface area (Å²) >= 11 is 0. The largest absolute Gasteiger partial charge is 0.396 e. The van der Waals surface area contributed by atoms with Crippen LogP contribution in [0.3, 0.4) is 0 Å². The highest BCUT2D eigenvalue weighted by molar-refractivity contribution is 4.77. The Morgan fingerprint density at radius 2 is 1.81 bits per heavy atom. The third kappa shape index (κ3) is 5.31. The van der Waals surface area contributed by atoms with Crippen molar-refractivity contribution in [3.63, 3.8) is 0 Å². The van der Waals surface area contributed by atoms with Crippen molar-refractivity contribution < 1.29 is 5.11 Å². The van der Waals surface area contributed by atoms with Crippen molar-refractivity contribution in [1.82, 2.24) is 5.32 Å². The molecular formula is C14H29NO. The highest BCUT2D eigenvalue weighted by atomic mass is 16.3. The van der Waals surface area contributed by atoms with Gasteiger partial charge in [0.2, 0.25) is 0 Å². The molecule has 2 heteroatoms. The van der Waals surface area contributed by atoms with Crippen LogP contribution in [0.5, 0.6) is 0 Å². The zero-order valence-corrected chi connectivity index (χ0v) is 11.2. The van der Waals surface area contributed by atoms with Crippen LogP contribution in [0.2, 0.25) is 0 Å². The summed E-state index contributed by atoms with van der Waals surface area (Å²) in [4.78, 5) is 0. The predicted molar refractivity (Wildman–Crippen MR) is 69.5 cm³/mol. The molecule has 0 aromatic heterocycles. The van der Waals surface area contributed by atoms with E-state index in [4.69, 9.17) is 5.11 Å². The SMILES string of the molecule is CC1CC(C)CC(CC(C)NCCCO)C1. The maximum Gasteiger partial charge on any atom is 0.0443 e. The molecule has 0 heterocycles. The smallest absolute Gasteiger partial charge is 0.0443 e. The lowest BCUT2D eigenvalue weighted by molar-refractivity contribution is 0.196. The van der Waals surface area contributed by atoms with E-state index in [1.165, 1.54) is 25.7 Å². The van der Waals surface area contributed by atoms with E-state index in [1.54, 1.807) is 0 Å². The van der Waals surface area contributed by atoms with Crippen molar-refractivity contribution in [2.24, 2.45) is 17.8 Å². The second-order valence-corrected chi connectivity index (χ2v) is 5.95. The molecule has 0 saturated heterocycles. The molecule has 1 saturated carbocycles. The Labute approximate surface area is 101 Å². The van der Waals surface area contributed by atoms with Gasteiger partial charge in [-0.2, -0.15) is 0 Å². The Bertz CT molecular complexity index is 174. The van der Waals surface area contributed by atoms with Crippen LogP contribution >= 0.6 is 0 Å². The van der Waals surface area contributed by atoms with Crippen LogP contribution in [-0.2, 0) is 0 Å². The van der Waals surface area contributed by atoms with Gasteiger partial charge in [-0.15, -0.1) is 0 Å². The lowest BCUT2D eigenvalue weighted by atomic mass is 9.74. The minimum atomic E-state index is 0.303. The van der Waals surface area contributed by atoms with E-state index in [0.29, 0.717) is 12.6 Å². The van der Waals surface area contributed by atoms with Crippen molar-refractivity contribution in [3.05, 3.63) is 0 Å².